The molecule has 2 aromatic carbocycles. The molecule has 0 heterocycles. The Morgan fingerprint density at radius 3 is 1.79 bits per heavy atom. The maximum atomic E-state index is 12.6. The van der Waals surface area contributed by atoms with Crippen LogP contribution in [0.1, 0.15) is 11.1 Å². The minimum absolute atomic E-state index is 0.336. The van der Waals surface area contributed by atoms with Crippen molar-refractivity contribution in [2.75, 3.05) is 0 Å². The molecule has 0 saturated heterocycles. The SMILES string of the molecule is O=S(=O)(Oc1cccc(C(F)(F)F)c1)c1cccc(C(F)(F)F)c1. The van der Waals surface area contributed by atoms with Crippen LogP contribution in [-0.4, -0.2) is 8.42 Å². The van der Waals surface area contributed by atoms with Crippen molar-refractivity contribution in [2.45, 2.75) is 17.2 Å². The van der Waals surface area contributed by atoms with Crippen LogP contribution in [0.15, 0.2) is 53.4 Å². The number of halogens is 6. The predicted octanol–water partition coefficient (Wildman–Crippen LogP) is 4.49. The minimum atomic E-state index is -4.78. The van der Waals surface area contributed by atoms with E-state index in [1.807, 2.05) is 0 Å². The van der Waals surface area contributed by atoms with Gasteiger partial charge < -0.3 is 4.18 Å². The summed E-state index contributed by atoms with van der Waals surface area (Å²) in [7, 11) is -4.73. The zero-order valence-corrected chi connectivity index (χ0v) is 12.3. The summed E-state index contributed by atoms with van der Waals surface area (Å²) in [6.45, 7) is 0. The van der Waals surface area contributed by atoms with E-state index in [0.29, 0.717) is 24.3 Å². The maximum absolute atomic E-state index is 12.6. The first-order chi connectivity index (χ1) is 10.9. The highest BCUT2D eigenvalue weighted by Crippen LogP contribution is 2.33. The summed E-state index contributed by atoms with van der Waals surface area (Å²) in [4.78, 5) is -0.824. The van der Waals surface area contributed by atoms with E-state index >= 15 is 0 Å². The first-order valence-corrected chi connectivity index (χ1v) is 7.59. The lowest BCUT2D eigenvalue weighted by atomic mass is 10.2. The maximum Gasteiger partial charge on any atom is 0.416 e. The van der Waals surface area contributed by atoms with E-state index in [1.54, 1.807) is 0 Å². The predicted molar refractivity (Wildman–Crippen MR) is 70.7 cm³/mol. The van der Waals surface area contributed by atoms with E-state index in [2.05, 4.69) is 4.18 Å². The third kappa shape index (κ3) is 4.19. The molecule has 130 valence electrons. The molecule has 3 nitrogen and oxygen atoms in total. The number of hydrogen-bond acceptors (Lipinski definition) is 3. The third-order valence-corrected chi connectivity index (χ3v) is 4.06. The van der Waals surface area contributed by atoms with Crippen molar-refractivity contribution >= 4 is 10.1 Å². The van der Waals surface area contributed by atoms with Gasteiger partial charge in [-0.05, 0) is 36.4 Å². The van der Waals surface area contributed by atoms with Gasteiger partial charge in [-0.25, -0.2) is 0 Å². The van der Waals surface area contributed by atoms with Gasteiger partial charge in [-0.1, -0.05) is 12.1 Å². The van der Waals surface area contributed by atoms with E-state index < -0.39 is 44.2 Å². The van der Waals surface area contributed by atoms with Gasteiger partial charge >= 0.3 is 22.5 Å². The summed E-state index contributed by atoms with van der Waals surface area (Å²) in [5, 5.41) is 0. The van der Waals surface area contributed by atoms with Gasteiger partial charge in [0.05, 0.1) is 11.1 Å². The van der Waals surface area contributed by atoms with Crippen LogP contribution in [0.3, 0.4) is 0 Å². The van der Waals surface area contributed by atoms with E-state index in [-0.39, 0.29) is 0 Å². The molecule has 0 aliphatic heterocycles. The molecule has 0 fully saturated rings. The van der Waals surface area contributed by atoms with E-state index in [1.165, 1.54) is 0 Å². The zero-order valence-electron chi connectivity index (χ0n) is 11.5. The van der Waals surface area contributed by atoms with Gasteiger partial charge in [0.15, 0.2) is 0 Å². The molecule has 10 heteroatoms. The van der Waals surface area contributed by atoms with Gasteiger partial charge in [-0.15, -0.1) is 0 Å². The second-order valence-electron chi connectivity index (χ2n) is 4.59. The van der Waals surface area contributed by atoms with Crippen LogP contribution in [-0.2, 0) is 22.5 Å². The van der Waals surface area contributed by atoms with Crippen LogP contribution in [0.5, 0.6) is 5.75 Å². The molecule has 0 aromatic heterocycles. The summed E-state index contributed by atoms with van der Waals surface area (Å²) in [6.07, 6.45) is -9.50. The van der Waals surface area contributed by atoms with Gasteiger partial charge in [0.25, 0.3) is 0 Å². The van der Waals surface area contributed by atoms with Crippen molar-refractivity contribution in [2.24, 2.45) is 0 Å². The Balaban J connectivity index is 2.36. The largest absolute Gasteiger partial charge is 0.416 e. The van der Waals surface area contributed by atoms with Crippen LogP contribution >= 0.6 is 0 Å². The van der Waals surface area contributed by atoms with E-state index in [4.69, 9.17) is 0 Å². The Hall–Kier alpha value is -2.23. The van der Waals surface area contributed by atoms with Crippen molar-refractivity contribution in [1.29, 1.82) is 0 Å². The second kappa shape index (κ2) is 6.00. The highest BCUT2D eigenvalue weighted by atomic mass is 32.2. The molecule has 0 atom stereocenters. The molecule has 0 unspecified atom stereocenters. The normalized spacial score (nSPS) is 12.9. The fraction of sp³-hybridized carbons (Fsp3) is 0.143. The van der Waals surface area contributed by atoms with Crippen molar-refractivity contribution in [3.05, 3.63) is 59.7 Å². The first kappa shape index (κ1) is 18.1. The van der Waals surface area contributed by atoms with Gasteiger partial charge in [0.1, 0.15) is 10.6 Å². The molecule has 0 N–H and O–H groups in total. The van der Waals surface area contributed by atoms with Crippen LogP contribution in [0, 0.1) is 0 Å². The average molecular weight is 370 g/mol. The molecule has 2 rings (SSSR count). The molecule has 2 aromatic rings. The quantitative estimate of drug-likeness (QED) is 0.591. The van der Waals surface area contributed by atoms with Gasteiger partial charge in [-0.2, -0.15) is 34.8 Å². The number of rotatable bonds is 3. The molecule has 0 radical (unpaired) electrons. The number of alkyl halides is 6. The monoisotopic (exact) mass is 370 g/mol. The Morgan fingerprint density at radius 2 is 1.25 bits per heavy atom. The van der Waals surface area contributed by atoms with E-state index in [9.17, 15) is 34.8 Å². The van der Waals surface area contributed by atoms with Crippen molar-refractivity contribution in [3.63, 3.8) is 0 Å². The Bertz CT molecular complexity index is 840. The van der Waals surface area contributed by atoms with Gasteiger partial charge in [0, 0.05) is 0 Å². The number of benzene rings is 2. The topological polar surface area (TPSA) is 43.4 Å². The second-order valence-corrected chi connectivity index (χ2v) is 6.13. The minimum Gasteiger partial charge on any atom is -0.379 e. The van der Waals surface area contributed by atoms with Crippen LogP contribution in [0.4, 0.5) is 26.3 Å². The summed E-state index contributed by atoms with van der Waals surface area (Å²) in [5.41, 5.74) is -2.38. The summed E-state index contributed by atoms with van der Waals surface area (Å²) in [6, 6.07) is 5.69. The van der Waals surface area contributed by atoms with Crippen molar-refractivity contribution < 1.29 is 38.9 Å². The van der Waals surface area contributed by atoms with Crippen molar-refractivity contribution in [1.82, 2.24) is 0 Å². The highest BCUT2D eigenvalue weighted by molar-refractivity contribution is 7.87. The lowest BCUT2D eigenvalue weighted by molar-refractivity contribution is -0.138. The summed E-state index contributed by atoms with van der Waals surface area (Å²) < 4.78 is 104. The summed E-state index contributed by atoms with van der Waals surface area (Å²) >= 11 is 0. The molecular formula is C14H8F6O3S. The molecule has 0 amide bonds. The third-order valence-electron chi connectivity index (χ3n) is 2.82. The number of hydrogen-bond donors (Lipinski definition) is 0. The Kier molecular flexibility index (Phi) is 4.53. The molecule has 0 aliphatic carbocycles. The average Bonchev–Trinajstić information content (AvgIpc) is 2.45. The molecule has 0 spiro atoms. The molecule has 24 heavy (non-hydrogen) atoms. The van der Waals surface area contributed by atoms with Gasteiger partial charge in [-0.3, -0.25) is 0 Å². The fourth-order valence-corrected chi connectivity index (χ4v) is 2.70. The van der Waals surface area contributed by atoms with Crippen molar-refractivity contribution in [3.8, 4) is 5.75 Å². The van der Waals surface area contributed by atoms with Crippen LogP contribution in [0.25, 0.3) is 0 Å². The lowest BCUT2D eigenvalue weighted by Gasteiger charge is -2.12. The Labute approximate surface area is 132 Å². The molecule has 0 bridgehead atoms. The van der Waals surface area contributed by atoms with Crippen LogP contribution < -0.4 is 4.18 Å². The first-order valence-electron chi connectivity index (χ1n) is 6.18. The Morgan fingerprint density at radius 1 is 0.750 bits per heavy atom. The highest BCUT2D eigenvalue weighted by Gasteiger charge is 2.33. The van der Waals surface area contributed by atoms with E-state index in [0.717, 1.165) is 24.3 Å². The zero-order chi connectivity index (χ0) is 18.2. The smallest absolute Gasteiger partial charge is 0.379 e. The molecular weight excluding hydrogens is 362 g/mol. The fourth-order valence-electron chi connectivity index (χ4n) is 1.73. The lowest BCUT2D eigenvalue weighted by Crippen LogP contribution is -2.13. The summed E-state index contributed by atoms with van der Waals surface area (Å²) in [5.74, 6) is -0.665. The van der Waals surface area contributed by atoms with Gasteiger partial charge in [0.2, 0.25) is 0 Å². The van der Waals surface area contributed by atoms with Crippen LogP contribution in [0.2, 0.25) is 0 Å². The molecule has 0 saturated carbocycles. The standard InChI is InChI=1S/C14H8F6O3S/c15-13(16,17)9-3-1-5-11(7-9)23-24(21,22)12-6-2-4-10(8-12)14(18,19)20/h1-8H. The molecule has 0 aliphatic rings.